The Bertz CT molecular complexity index is 1020. The van der Waals surface area contributed by atoms with Crippen molar-refractivity contribution in [3.63, 3.8) is 0 Å². The predicted molar refractivity (Wildman–Crippen MR) is 87.0 cm³/mol. The molecule has 27 heavy (non-hydrogen) atoms. The highest BCUT2D eigenvalue weighted by Crippen LogP contribution is 2.22. The highest BCUT2D eigenvalue weighted by molar-refractivity contribution is 6.05. The Hall–Kier alpha value is -3.69. The van der Waals surface area contributed by atoms with Crippen LogP contribution in [0.15, 0.2) is 43.0 Å². The number of hydrogen-bond acceptors (Lipinski definition) is 5. The van der Waals surface area contributed by atoms with Gasteiger partial charge < -0.3 is 10.1 Å². The summed E-state index contributed by atoms with van der Waals surface area (Å²) in [5.41, 5.74) is -1.07. The number of anilines is 1. The average Bonchev–Trinajstić information content (AvgIpc) is 3.17. The van der Waals surface area contributed by atoms with Crippen LogP contribution in [0.25, 0.3) is 5.69 Å². The third-order valence-corrected chi connectivity index (χ3v) is 3.59. The Morgan fingerprint density at radius 1 is 1.07 bits per heavy atom. The van der Waals surface area contributed by atoms with Crippen LogP contribution in [0.2, 0.25) is 0 Å². The molecular formula is C17H11F3N4O3. The van der Waals surface area contributed by atoms with E-state index in [1.54, 1.807) is 0 Å². The second-order valence-electron chi connectivity index (χ2n) is 5.26. The summed E-state index contributed by atoms with van der Waals surface area (Å²) in [6, 6.07) is 4.75. The Labute approximate surface area is 150 Å². The van der Waals surface area contributed by atoms with Crippen molar-refractivity contribution in [2.75, 3.05) is 12.4 Å². The van der Waals surface area contributed by atoms with E-state index in [-0.39, 0.29) is 11.3 Å². The Balaban J connectivity index is 1.87. The minimum atomic E-state index is -1.14. The molecule has 138 valence electrons. The van der Waals surface area contributed by atoms with Gasteiger partial charge in [-0.05, 0) is 24.3 Å². The van der Waals surface area contributed by atoms with Gasteiger partial charge in [-0.25, -0.2) is 27.6 Å². The lowest BCUT2D eigenvalue weighted by Crippen LogP contribution is -2.15. The quantitative estimate of drug-likeness (QED) is 0.708. The number of aromatic nitrogens is 3. The maximum absolute atomic E-state index is 14.2. The van der Waals surface area contributed by atoms with Gasteiger partial charge in [-0.15, -0.1) is 0 Å². The minimum Gasteiger partial charge on any atom is -0.465 e. The fraction of sp³-hybridized carbons (Fsp3) is 0.0588. The highest BCUT2D eigenvalue weighted by atomic mass is 19.1. The molecule has 0 bridgehead atoms. The fourth-order valence-corrected chi connectivity index (χ4v) is 2.27. The first kappa shape index (κ1) is 18.1. The van der Waals surface area contributed by atoms with Crippen molar-refractivity contribution >= 4 is 17.6 Å². The first-order chi connectivity index (χ1) is 12.9. The van der Waals surface area contributed by atoms with Crippen LogP contribution in [0.1, 0.15) is 20.7 Å². The largest absolute Gasteiger partial charge is 0.465 e. The summed E-state index contributed by atoms with van der Waals surface area (Å²) < 4.78 is 47.3. The summed E-state index contributed by atoms with van der Waals surface area (Å²) in [5, 5.41) is 5.94. The molecule has 0 fully saturated rings. The summed E-state index contributed by atoms with van der Waals surface area (Å²) in [6.45, 7) is 0. The third-order valence-electron chi connectivity index (χ3n) is 3.59. The maximum atomic E-state index is 14.2. The van der Waals surface area contributed by atoms with E-state index < -0.39 is 40.6 Å². The standard InChI is InChI=1S/C17H11F3N4O3/c1-27-17(26)10-5-14(12(19)6-11(10)18)23-16(25)9-2-3-15(13(20)4-9)24-8-21-7-22-24/h2-8H,1H3,(H,23,25). The molecule has 0 radical (unpaired) electrons. The highest BCUT2D eigenvalue weighted by Gasteiger charge is 2.19. The second-order valence-corrected chi connectivity index (χ2v) is 5.26. The average molecular weight is 376 g/mol. The van der Waals surface area contributed by atoms with Gasteiger partial charge in [0, 0.05) is 11.6 Å². The van der Waals surface area contributed by atoms with Gasteiger partial charge in [-0.1, -0.05) is 0 Å². The van der Waals surface area contributed by atoms with Crippen molar-refractivity contribution < 1.29 is 27.5 Å². The summed E-state index contributed by atoms with van der Waals surface area (Å²) in [4.78, 5) is 27.4. The van der Waals surface area contributed by atoms with E-state index in [1.165, 1.54) is 29.5 Å². The van der Waals surface area contributed by atoms with Gasteiger partial charge in [0.05, 0.1) is 18.4 Å². The molecule has 10 heteroatoms. The van der Waals surface area contributed by atoms with Crippen LogP contribution >= 0.6 is 0 Å². The van der Waals surface area contributed by atoms with Crippen molar-refractivity contribution in [2.45, 2.75) is 0 Å². The number of halogens is 3. The van der Waals surface area contributed by atoms with E-state index >= 15 is 0 Å². The fourth-order valence-electron chi connectivity index (χ4n) is 2.27. The first-order valence-corrected chi connectivity index (χ1v) is 7.44. The van der Waals surface area contributed by atoms with Crippen molar-refractivity contribution in [2.24, 2.45) is 0 Å². The second kappa shape index (κ2) is 7.28. The number of nitrogens with one attached hydrogen (secondary N) is 1. The van der Waals surface area contributed by atoms with Crippen LogP contribution in [0, 0.1) is 17.5 Å². The number of hydrogen-bond donors (Lipinski definition) is 1. The third kappa shape index (κ3) is 3.64. The zero-order valence-corrected chi connectivity index (χ0v) is 13.7. The molecule has 0 aliphatic heterocycles. The Morgan fingerprint density at radius 2 is 1.85 bits per heavy atom. The van der Waals surface area contributed by atoms with E-state index in [0.717, 1.165) is 19.2 Å². The van der Waals surface area contributed by atoms with E-state index in [9.17, 15) is 22.8 Å². The molecule has 3 rings (SSSR count). The first-order valence-electron chi connectivity index (χ1n) is 7.44. The zero-order valence-electron chi connectivity index (χ0n) is 13.7. The number of nitrogens with zero attached hydrogens (tertiary/aromatic N) is 3. The van der Waals surface area contributed by atoms with Crippen molar-refractivity contribution in [1.82, 2.24) is 14.8 Å². The van der Waals surface area contributed by atoms with Gasteiger partial charge in [0.1, 0.15) is 35.8 Å². The number of amides is 1. The van der Waals surface area contributed by atoms with Gasteiger partial charge in [0.25, 0.3) is 5.91 Å². The number of rotatable bonds is 4. The Kier molecular flexibility index (Phi) is 4.88. The van der Waals surface area contributed by atoms with E-state index in [0.29, 0.717) is 6.07 Å². The summed E-state index contributed by atoms with van der Waals surface area (Å²) in [6.07, 6.45) is 2.50. The lowest BCUT2D eigenvalue weighted by molar-refractivity contribution is 0.0595. The van der Waals surface area contributed by atoms with Crippen LogP contribution in [-0.4, -0.2) is 33.8 Å². The van der Waals surface area contributed by atoms with Crippen molar-refractivity contribution in [3.8, 4) is 5.69 Å². The van der Waals surface area contributed by atoms with Crippen molar-refractivity contribution in [1.29, 1.82) is 0 Å². The maximum Gasteiger partial charge on any atom is 0.340 e. The molecule has 3 aromatic rings. The van der Waals surface area contributed by atoms with Gasteiger partial charge in [-0.2, -0.15) is 5.10 Å². The molecule has 1 amide bonds. The lowest BCUT2D eigenvalue weighted by atomic mass is 10.1. The number of esters is 1. The zero-order chi connectivity index (χ0) is 19.6. The molecule has 0 unspecified atom stereocenters. The number of carbonyl (C=O) groups excluding carboxylic acids is 2. The SMILES string of the molecule is COC(=O)c1cc(NC(=O)c2ccc(-n3cncn3)c(F)c2)c(F)cc1F. The molecule has 0 aliphatic rings. The smallest absolute Gasteiger partial charge is 0.340 e. The van der Waals surface area contributed by atoms with Crippen LogP contribution in [0.3, 0.4) is 0 Å². The predicted octanol–water partition coefficient (Wildman–Crippen LogP) is 2.72. The molecule has 0 saturated heterocycles. The molecule has 1 heterocycles. The minimum absolute atomic E-state index is 0.0602. The molecule has 2 aromatic carbocycles. The topological polar surface area (TPSA) is 86.1 Å². The number of carbonyl (C=O) groups is 2. The Morgan fingerprint density at radius 3 is 2.48 bits per heavy atom. The summed E-state index contributed by atoms with van der Waals surface area (Å²) in [5.74, 6) is -4.90. The lowest BCUT2D eigenvalue weighted by Gasteiger charge is -2.10. The van der Waals surface area contributed by atoms with Crippen LogP contribution in [0.5, 0.6) is 0 Å². The monoisotopic (exact) mass is 376 g/mol. The van der Waals surface area contributed by atoms with Gasteiger partial charge >= 0.3 is 5.97 Å². The van der Waals surface area contributed by atoms with E-state index in [1.807, 2.05) is 0 Å². The van der Waals surface area contributed by atoms with Crippen LogP contribution in [0.4, 0.5) is 18.9 Å². The number of benzene rings is 2. The summed E-state index contributed by atoms with van der Waals surface area (Å²) >= 11 is 0. The van der Waals surface area contributed by atoms with Gasteiger partial charge in [0.15, 0.2) is 0 Å². The molecule has 1 N–H and O–H groups in total. The van der Waals surface area contributed by atoms with Gasteiger partial charge in [-0.3, -0.25) is 4.79 Å². The van der Waals surface area contributed by atoms with E-state index in [2.05, 4.69) is 20.1 Å². The molecule has 0 aliphatic carbocycles. The molecule has 0 saturated carbocycles. The molecule has 0 atom stereocenters. The number of methoxy groups -OCH3 is 1. The molecule has 0 spiro atoms. The van der Waals surface area contributed by atoms with Gasteiger partial charge in [0.2, 0.25) is 0 Å². The molecule has 7 nitrogen and oxygen atoms in total. The van der Waals surface area contributed by atoms with E-state index in [4.69, 9.17) is 0 Å². The molecule has 1 aromatic heterocycles. The number of ether oxygens (including phenoxy) is 1. The van der Waals surface area contributed by atoms with Crippen molar-refractivity contribution in [3.05, 3.63) is 71.6 Å². The summed E-state index contributed by atoms with van der Waals surface area (Å²) in [7, 11) is 1.03. The normalized spacial score (nSPS) is 10.5. The molecular weight excluding hydrogens is 365 g/mol. The van der Waals surface area contributed by atoms with Crippen LogP contribution in [-0.2, 0) is 4.74 Å². The van der Waals surface area contributed by atoms with Crippen LogP contribution < -0.4 is 5.32 Å².